The number of benzene rings is 1. The van der Waals surface area contributed by atoms with Crippen LogP contribution in [0.4, 0.5) is 4.39 Å². The highest BCUT2D eigenvalue weighted by Crippen LogP contribution is 2.29. The number of halogens is 1. The molecule has 0 aliphatic carbocycles. The average molecular weight is 283 g/mol. The van der Waals surface area contributed by atoms with Gasteiger partial charge in [-0.25, -0.2) is 4.39 Å². The Bertz CT molecular complexity index is 438. The van der Waals surface area contributed by atoms with E-state index < -0.39 is 5.97 Å². The number of carbonyl (C=O) groups is 1. The van der Waals surface area contributed by atoms with Gasteiger partial charge < -0.3 is 5.11 Å². The Balaban J connectivity index is 2.12. The molecule has 0 radical (unpaired) electrons. The summed E-state index contributed by atoms with van der Waals surface area (Å²) in [7, 11) is 0. The number of aliphatic carboxylic acids is 1. The lowest BCUT2D eigenvalue weighted by Crippen LogP contribution is -2.44. The highest BCUT2D eigenvalue weighted by Gasteiger charge is 2.29. The van der Waals surface area contributed by atoms with E-state index >= 15 is 0 Å². The summed E-state index contributed by atoms with van der Waals surface area (Å²) in [5.74, 6) is 0.857. The molecule has 1 heterocycles. The van der Waals surface area contributed by atoms with E-state index in [0.717, 1.165) is 23.6 Å². The molecule has 3 nitrogen and oxygen atoms in total. The Labute approximate surface area is 116 Å². The quantitative estimate of drug-likeness (QED) is 0.922. The van der Waals surface area contributed by atoms with Gasteiger partial charge in [0.1, 0.15) is 5.82 Å². The molecule has 0 bridgehead atoms. The first kappa shape index (κ1) is 14.3. The minimum Gasteiger partial charge on any atom is -0.481 e. The highest BCUT2D eigenvalue weighted by molar-refractivity contribution is 7.99. The van der Waals surface area contributed by atoms with Gasteiger partial charge in [0.25, 0.3) is 0 Å². The van der Waals surface area contributed by atoms with E-state index in [0.29, 0.717) is 0 Å². The molecule has 104 valence electrons. The number of nitrogens with zero attached hydrogens (tertiary/aromatic N) is 1. The molecule has 1 N–H and O–H groups in total. The van der Waals surface area contributed by atoms with Gasteiger partial charge in [-0.3, -0.25) is 9.69 Å². The van der Waals surface area contributed by atoms with Crippen LogP contribution in [0.25, 0.3) is 0 Å². The lowest BCUT2D eigenvalue weighted by atomic mass is 10.0. The predicted octanol–water partition coefficient (Wildman–Crippen LogP) is 2.78. The summed E-state index contributed by atoms with van der Waals surface area (Å²) in [5, 5.41) is 8.99. The zero-order chi connectivity index (χ0) is 13.8. The Morgan fingerprint density at radius 1 is 1.53 bits per heavy atom. The Hall–Kier alpha value is -1.07. The maximum Gasteiger partial charge on any atom is 0.304 e. The van der Waals surface area contributed by atoms with E-state index in [2.05, 4.69) is 11.8 Å². The monoisotopic (exact) mass is 283 g/mol. The molecular weight excluding hydrogens is 265 g/mol. The van der Waals surface area contributed by atoms with Gasteiger partial charge in [-0.05, 0) is 24.6 Å². The van der Waals surface area contributed by atoms with Crippen molar-refractivity contribution >= 4 is 17.7 Å². The molecular formula is C14H18FNO2S. The van der Waals surface area contributed by atoms with Crippen LogP contribution in [0.5, 0.6) is 0 Å². The fraction of sp³-hybridized carbons (Fsp3) is 0.500. The summed E-state index contributed by atoms with van der Waals surface area (Å²) in [6.45, 7) is 2.93. The van der Waals surface area contributed by atoms with Crippen LogP contribution < -0.4 is 0 Å². The van der Waals surface area contributed by atoms with Gasteiger partial charge in [-0.2, -0.15) is 11.8 Å². The molecule has 0 amide bonds. The maximum absolute atomic E-state index is 12.9. The van der Waals surface area contributed by atoms with Crippen molar-refractivity contribution in [2.45, 2.75) is 25.4 Å². The Kier molecular flexibility index (Phi) is 4.82. The molecule has 0 aromatic heterocycles. The largest absolute Gasteiger partial charge is 0.481 e. The number of hydrogen-bond acceptors (Lipinski definition) is 3. The average Bonchev–Trinajstić information content (AvgIpc) is 2.39. The summed E-state index contributed by atoms with van der Waals surface area (Å²) in [6, 6.07) is 6.63. The van der Waals surface area contributed by atoms with Gasteiger partial charge in [0.15, 0.2) is 0 Å². The second kappa shape index (κ2) is 6.39. The van der Waals surface area contributed by atoms with E-state index in [1.165, 1.54) is 12.1 Å². The molecule has 1 saturated heterocycles. The number of hydrogen-bond donors (Lipinski definition) is 1. The van der Waals surface area contributed by atoms with E-state index in [-0.39, 0.29) is 24.3 Å². The van der Waals surface area contributed by atoms with Crippen LogP contribution in [0.15, 0.2) is 24.3 Å². The van der Waals surface area contributed by atoms with Crippen LogP contribution in [-0.4, -0.2) is 40.1 Å². The van der Waals surface area contributed by atoms with Gasteiger partial charge in [-0.15, -0.1) is 0 Å². The normalized spacial score (nSPS) is 22.1. The molecule has 0 saturated carbocycles. The van der Waals surface area contributed by atoms with Crippen molar-refractivity contribution < 1.29 is 14.3 Å². The summed E-state index contributed by atoms with van der Waals surface area (Å²) < 4.78 is 12.9. The van der Waals surface area contributed by atoms with Gasteiger partial charge in [0.05, 0.1) is 6.42 Å². The number of thioether (sulfide) groups is 1. The molecule has 1 aromatic rings. The second-order valence-corrected chi connectivity index (χ2v) is 5.94. The minimum atomic E-state index is -0.760. The van der Waals surface area contributed by atoms with Gasteiger partial charge in [0.2, 0.25) is 0 Å². The standard InChI is InChI=1S/C14H18FNO2S/c1-10(11-2-4-12(15)5-3-11)16-6-7-19-9-13(16)8-14(17)18/h2-5,10,13H,6-9H2,1H3,(H,17,18). The smallest absolute Gasteiger partial charge is 0.304 e. The lowest BCUT2D eigenvalue weighted by molar-refractivity contribution is -0.138. The van der Waals surface area contributed by atoms with Gasteiger partial charge in [-0.1, -0.05) is 12.1 Å². The van der Waals surface area contributed by atoms with Crippen LogP contribution in [0.1, 0.15) is 24.9 Å². The van der Waals surface area contributed by atoms with Crippen LogP contribution in [0.3, 0.4) is 0 Å². The fourth-order valence-electron chi connectivity index (χ4n) is 2.49. The molecule has 1 aliphatic rings. The molecule has 5 heteroatoms. The second-order valence-electron chi connectivity index (χ2n) is 4.79. The first-order valence-electron chi connectivity index (χ1n) is 6.38. The summed E-state index contributed by atoms with van der Waals surface area (Å²) in [6.07, 6.45) is 0.165. The fourth-order valence-corrected chi connectivity index (χ4v) is 3.58. The van der Waals surface area contributed by atoms with Crippen LogP contribution >= 0.6 is 11.8 Å². The number of carboxylic acids is 1. The van der Waals surface area contributed by atoms with Crippen molar-refractivity contribution in [3.8, 4) is 0 Å². The van der Waals surface area contributed by atoms with E-state index in [1.54, 1.807) is 23.9 Å². The van der Waals surface area contributed by atoms with Crippen molar-refractivity contribution in [1.82, 2.24) is 4.90 Å². The maximum atomic E-state index is 12.9. The van der Waals surface area contributed by atoms with Crippen molar-refractivity contribution in [3.05, 3.63) is 35.6 Å². The van der Waals surface area contributed by atoms with Crippen molar-refractivity contribution in [2.24, 2.45) is 0 Å². The highest BCUT2D eigenvalue weighted by atomic mass is 32.2. The van der Waals surface area contributed by atoms with Gasteiger partial charge >= 0.3 is 5.97 Å². The third-order valence-electron chi connectivity index (χ3n) is 3.53. The minimum absolute atomic E-state index is 0.0521. The van der Waals surface area contributed by atoms with Crippen LogP contribution in [0.2, 0.25) is 0 Å². The summed E-state index contributed by atoms with van der Waals surface area (Å²) in [4.78, 5) is 13.2. The lowest BCUT2D eigenvalue weighted by Gasteiger charge is -2.39. The van der Waals surface area contributed by atoms with Crippen molar-refractivity contribution in [2.75, 3.05) is 18.1 Å². The molecule has 2 unspecified atom stereocenters. The molecule has 2 atom stereocenters. The Morgan fingerprint density at radius 3 is 2.84 bits per heavy atom. The summed E-state index contributed by atoms with van der Waals surface area (Å²) >= 11 is 1.80. The SMILES string of the molecule is CC(c1ccc(F)cc1)N1CCSCC1CC(=O)O. The molecule has 19 heavy (non-hydrogen) atoms. The summed E-state index contributed by atoms with van der Waals surface area (Å²) in [5.41, 5.74) is 1.03. The number of rotatable bonds is 4. The zero-order valence-corrected chi connectivity index (χ0v) is 11.7. The zero-order valence-electron chi connectivity index (χ0n) is 10.9. The molecule has 1 fully saturated rings. The van der Waals surface area contributed by atoms with Crippen LogP contribution in [-0.2, 0) is 4.79 Å². The number of carboxylic acid groups (broad SMARTS) is 1. The first-order valence-corrected chi connectivity index (χ1v) is 7.54. The molecule has 0 spiro atoms. The predicted molar refractivity (Wildman–Crippen MR) is 74.9 cm³/mol. The van der Waals surface area contributed by atoms with Gasteiger partial charge in [0, 0.05) is 30.1 Å². The molecule has 1 aliphatic heterocycles. The van der Waals surface area contributed by atoms with Crippen molar-refractivity contribution in [3.63, 3.8) is 0 Å². The van der Waals surface area contributed by atoms with Crippen molar-refractivity contribution in [1.29, 1.82) is 0 Å². The molecule has 1 aromatic carbocycles. The van der Waals surface area contributed by atoms with Crippen LogP contribution in [0, 0.1) is 5.82 Å². The first-order chi connectivity index (χ1) is 9.08. The Morgan fingerprint density at radius 2 is 2.21 bits per heavy atom. The van der Waals surface area contributed by atoms with E-state index in [4.69, 9.17) is 5.11 Å². The van der Waals surface area contributed by atoms with E-state index in [1.807, 2.05) is 0 Å². The van der Waals surface area contributed by atoms with E-state index in [9.17, 15) is 9.18 Å². The topological polar surface area (TPSA) is 40.5 Å². The third kappa shape index (κ3) is 3.70. The third-order valence-corrected chi connectivity index (χ3v) is 4.62. The molecule has 2 rings (SSSR count).